The van der Waals surface area contributed by atoms with Gasteiger partial charge in [0, 0.05) is 13.2 Å². The SMILES string of the molecule is Cc1cccnc1CN(C)S(=O)(=O)c1ccc(-c2cc(C(F)(F)F)[nH]n2)o1. The van der Waals surface area contributed by atoms with Crippen molar-refractivity contribution >= 4 is 10.0 Å². The highest BCUT2D eigenvalue weighted by atomic mass is 32.2. The number of aromatic nitrogens is 3. The first-order valence-electron chi connectivity index (χ1n) is 7.68. The number of aromatic amines is 1. The average molecular weight is 400 g/mol. The van der Waals surface area contributed by atoms with E-state index in [0.717, 1.165) is 15.9 Å². The minimum Gasteiger partial charge on any atom is -0.442 e. The van der Waals surface area contributed by atoms with Crippen LogP contribution in [-0.2, 0) is 22.7 Å². The zero-order chi connectivity index (χ0) is 19.8. The van der Waals surface area contributed by atoms with Crippen LogP contribution in [0.15, 0.2) is 46.0 Å². The normalized spacial score (nSPS) is 12.7. The molecule has 0 aliphatic rings. The highest BCUT2D eigenvalue weighted by molar-refractivity contribution is 7.88. The summed E-state index contributed by atoms with van der Waals surface area (Å²) in [6.07, 6.45) is -3.03. The van der Waals surface area contributed by atoms with Gasteiger partial charge in [-0.25, -0.2) is 8.42 Å². The Labute approximate surface area is 152 Å². The van der Waals surface area contributed by atoms with Crippen molar-refractivity contribution < 1.29 is 26.0 Å². The molecule has 0 atom stereocenters. The largest absolute Gasteiger partial charge is 0.442 e. The van der Waals surface area contributed by atoms with Crippen LogP contribution < -0.4 is 0 Å². The first kappa shape index (κ1) is 19.1. The van der Waals surface area contributed by atoms with Gasteiger partial charge in [-0.3, -0.25) is 10.1 Å². The molecule has 0 fully saturated rings. The van der Waals surface area contributed by atoms with E-state index < -0.39 is 27.0 Å². The number of hydrogen-bond acceptors (Lipinski definition) is 5. The molecular formula is C16H15F3N4O3S. The maximum atomic E-state index is 12.7. The van der Waals surface area contributed by atoms with Gasteiger partial charge in [0.25, 0.3) is 10.0 Å². The van der Waals surface area contributed by atoms with Gasteiger partial charge in [0.05, 0.1) is 12.2 Å². The second kappa shape index (κ2) is 6.82. The van der Waals surface area contributed by atoms with Crippen LogP contribution in [0, 0.1) is 6.92 Å². The Bertz CT molecular complexity index is 1060. The molecule has 7 nitrogen and oxygen atoms in total. The van der Waals surface area contributed by atoms with E-state index >= 15 is 0 Å². The molecule has 0 aromatic carbocycles. The van der Waals surface area contributed by atoms with E-state index in [1.807, 2.05) is 18.1 Å². The molecule has 3 aromatic rings. The predicted octanol–water partition coefficient (Wildman–Crippen LogP) is 3.21. The third-order valence-electron chi connectivity index (χ3n) is 3.87. The molecule has 0 bridgehead atoms. The van der Waals surface area contributed by atoms with Crippen molar-refractivity contribution in [3.05, 3.63) is 53.5 Å². The Morgan fingerprint density at radius 3 is 2.63 bits per heavy atom. The van der Waals surface area contributed by atoms with E-state index in [-0.39, 0.29) is 18.0 Å². The topological polar surface area (TPSA) is 92.1 Å². The lowest BCUT2D eigenvalue weighted by Crippen LogP contribution is -2.27. The van der Waals surface area contributed by atoms with Gasteiger partial charge in [-0.15, -0.1) is 0 Å². The molecule has 0 aliphatic carbocycles. The van der Waals surface area contributed by atoms with Crippen molar-refractivity contribution in [3.63, 3.8) is 0 Å². The number of pyridine rings is 1. The third kappa shape index (κ3) is 3.88. The molecule has 27 heavy (non-hydrogen) atoms. The highest BCUT2D eigenvalue weighted by Crippen LogP contribution is 2.31. The summed E-state index contributed by atoms with van der Waals surface area (Å²) in [4.78, 5) is 4.15. The lowest BCUT2D eigenvalue weighted by Gasteiger charge is -2.16. The summed E-state index contributed by atoms with van der Waals surface area (Å²) in [5.74, 6) is -0.0947. The van der Waals surface area contributed by atoms with E-state index in [1.54, 1.807) is 12.3 Å². The molecule has 3 heterocycles. The van der Waals surface area contributed by atoms with Crippen molar-refractivity contribution in [2.75, 3.05) is 7.05 Å². The smallest absolute Gasteiger partial charge is 0.432 e. The second-order valence-electron chi connectivity index (χ2n) is 5.81. The fourth-order valence-electron chi connectivity index (χ4n) is 2.32. The molecular weight excluding hydrogens is 385 g/mol. The number of halogens is 3. The van der Waals surface area contributed by atoms with E-state index in [1.165, 1.54) is 19.2 Å². The summed E-state index contributed by atoms with van der Waals surface area (Å²) in [5, 5.41) is 4.97. The Balaban J connectivity index is 1.84. The molecule has 0 aliphatic heterocycles. The Morgan fingerprint density at radius 2 is 2.00 bits per heavy atom. The maximum absolute atomic E-state index is 12.7. The van der Waals surface area contributed by atoms with Crippen molar-refractivity contribution in [1.82, 2.24) is 19.5 Å². The maximum Gasteiger partial charge on any atom is 0.432 e. The minimum atomic E-state index is -4.59. The van der Waals surface area contributed by atoms with E-state index in [4.69, 9.17) is 4.42 Å². The number of alkyl halides is 3. The van der Waals surface area contributed by atoms with Crippen LogP contribution >= 0.6 is 0 Å². The zero-order valence-electron chi connectivity index (χ0n) is 14.3. The summed E-state index contributed by atoms with van der Waals surface area (Å²) in [6.45, 7) is 1.83. The Morgan fingerprint density at radius 1 is 1.26 bits per heavy atom. The van der Waals surface area contributed by atoms with Crippen molar-refractivity contribution in [3.8, 4) is 11.5 Å². The van der Waals surface area contributed by atoms with Crippen LogP contribution in [0.3, 0.4) is 0 Å². The fourth-order valence-corrected chi connectivity index (χ4v) is 3.36. The third-order valence-corrected chi connectivity index (χ3v) is 5.55. The summed E-state index contributed by atoms with van der Waals surface area (Å²) in [6, 6.07) is 6.72. The minimum absolute atomic E-state index is 0.0195. The molecule has 0 amide bonds. The van der Waals surface area contributed by atoms with Crippen LogP contribution in [0.2, 0.25) is 0 Å². The van der Waals surface area contributed by atoms with Crippen molar-refractivity contribution in [2.45, 2.75) is 24.7 Å². The van der Waals surface area contributed by atoms with Crippen molar-refractivity contribution in [1.29, 1.82) is 0 Å². The summed E-state index contributed by atoms with van der Waals surface area (Å²) >= 11 is 0. The standard InChI is InChI=1S/C16H15F3N4O3S/c1-10-4-3-7-20-12(10)9-23(2)27(24,25)15-6-5-13(26-15)11-8-14(22-21-11)16(17,18)19/h3-8H,9H2,1-2H3,(H,21,22). The molecule has 0 spiro atoms. The molecule has 11 heteroatoms. The van der Waals surface area contributed by atoms with Crippen LogP contribution in [0.4, 0.5) is 13.2 Å². The highest BCUT2D eigenvalue weighted by Gasteiger charge is 2.34. The van der Waals surface area contributed by atoms with Gasteiger partial charge in [0.1, 0.15) is 11.4 Å². The number of furan rings is 1. The van der Waals surface area contributed by atoms with Gasteiger partial charge in [-0.2, -0.15) is 22.6 Å². The number of rotatable bonds is 5. The lowest BCUT2D eigenvalue weighted by molar-refractivity contribution is -0.141. The summed E-state index contributed by atoms with van der Waals surface area (Å²) < 4.78 is 69.5. The predicted molar refractivity (Wildman–Crippen MR) is 88.9 cm³/mol. The van der Waals surface area contributed by atoms with Crippen LogP contribution in [-0.4, -0.2) is 35.0 Å². The zero-order valence-corrected chi connectivity index (χ0v) is 15.1. The van der Waals surface area contributed by atoms with Crippen molar-refractivity contribution in [2.24, 2.45) is 0 Å². The number of nitrogens with one attached hydrogen (secondary N) is 1. The Kier molecular flexibility index (Phi) is 4.82. The monoisotopic (exact) mass is 400 g/mol. The number of nitrogens with zero attached hydrogens (tertiary/aromatic N) is 3. The molecule has 3 aromatic heterocycles. The lowest BCUT2D eigenvalue weighted by atomic mass is 10.2. The van der Waals surface area contributed by atoms with Gasteiger partial charge in [0.15, 0.2) is 5.76 Å². The number of hydrogen-bond donors (Lipinski definition) is 1. The summed E-state index contributed by atoms with van der Waals surface area (Å²) in [7, 11) is -2.63. The number of H-pyrrole nitrogens is 1. The van der Waals surface area contributed by atoms with E-state index in [0.29, 0.717) is 5.69 Å². The first-order valence-corrected chi connectivity index (χ1v) is 9.12. The molecule has 0 unspecified atom stereocenters. The van der Waals surface area contributed by atoms with E-state index in [2.05, 4.69) is 10.1 Å². The van der Waals surface area contributed by atoms with Gasteiger partial charge < -0.3 is 4.42 Å². The number of sulfonamides is 1. The van der Waals surface area contributed by atoms with Gasteiger partial charge in [0.2, 0.25) is 5.09 Å². The van der Waals surface area contributed by atoms with Crippen LogP contribution in [0.1, 0.15) is 17.0 Å². The molecule has 0 saturated carbocycles. The molecule has 0 saturated heterocycles. The molecule has 144 valence electrons. The van der Waals surface area contributed by atoms with Gasteiger partial charge in [-0.1, -0.05) is 6.07 Å². The average Bonchev–Trinajstić information content (AvgIpc) is 3.25. The second-order valence-corrected chi connectivity index (χ2v) is 7.79. The molecule has 3 rings (SSSR count). The first-order chi connectivity index (χ1) is 12.6. The Hall–Kier alpha value is -2.66. The summed E-state index contributed by atoms with van der Waals surface area (Å²) in [5.41, 5.74) is 0.210. The fraction of sp³-hybridized carbons (Fsp3) is 0.250. The van der Waals surface area contributed by atoms with Gasteiger partial charge >= 0.3 is 6.18 Å². The number of aryl methyl sites for hydroxylation is 1. The molecule has 1 N–H and O–H groups in total. The van der Waals surface area contributed by atoms with Crippen LogP contribution in [0.5, 0.6) is 0 Å². The van der Waals surface area contributed by atoms with Crippen LogP contribution in [0.25, 0.3) is 11.5 Å². The molecule has 0 radical (unpaired) electrons. The quantitative estimate of drug-likeness (QED) is 0.710. The van der Waals surface area contributed by atoms with Gasteiger partial charge in [-0.05, 0) is 36.8 Å². The van der Waals surface area contributed by atoms with E-state index in [9.17, 15) is 21.6 Å².